The zero-order valence-electron chi connectivity index (χ0n) is 6.32. The number of nitrogens with one attached hydrogen (secondary N) is 1. The van der Waals surface area contributed by atoms with Crippen molar-refractivity contribution < 1.29 is 18.0 Å². The Morgan fingerprint density at radius 2 is 1.75 bits per heavy atom. The van der Waals surface area contributed by atoms with Crippen LogP contribution in [-0.2, 0) is 4.79 Å². The molecule has 3 nitrogen and oxygen atoms in total. The van der Waals surface area contributed by atoms with Crippen molar-refractivity contribution in [1.82, 2.24) is 10.4 Å². The van der Waals surface area contributed by atoms with E-state index in [0.29, 0.717) is 13.1 Å². The molecule has 1 heterocycles. The van der Waals surface area contributed by atoms with Crippen LogP contribution in [0.25, 0.3) is 0 Å². The summed E-state index contributed by atoms with van der Waals surface area (Å²) in [6.45, 7) is 1.00. The van der Waals surface area contributed by atoms with Crippen LogP contribution >= 0.6 is 0 Å². The standard InChI is InChI=1S/C6H9F3N2O/c7-6(8,9)5(12)10-11-3-1-2-4-11/h1-4H2,(H,10,12). The maximum atomic E-state index is 11.7. The number of amides is 1. The van der Waals surface area contributed by atoms with E-state index in [2.05, 4.69) is 0 Å². The first kappa shape index (κ1) is 9.31. The molecule has 1 rings (SSSR count). The van der Waals surface area contributed by atoms with E-state index < -0.39 is 12.1 Å². The van der Waals surface area contributed by atoms with Gasteiger partial charge in [0.2, 0.25) is 0 Å². The summed E-state index contributed by atoms with van der Waals surface area (Å²) in [5, 5.41) is 1.29. The first-order chi connectivity index (χ1) is 5.50. The number of carbonyl (C=O) groups excluding carboxylic acids is 1. The van der Waals surface area contributed by atoms with Gasteiger partial charge in [0.25, 0.3) is 0 Å². The third-order valence-corrected chi connectivity index (χ3v) is 1.62. The number of hydrogen-bond acceptors (Lipinski definition) is 2. The smallest absolute Gasteiger partial charge is 0.281 e. The second-order valence-corrected chi connectivity index (χ2v) is 2.63. The van der Waals surface area contributed by atoms with Crippen LogP contribution in [0.15, 0.2) is 0 Å². The van der Waals surface area contributed by atoms with E-state index in [0.717, 1.165) is 12.8 Å². The molecule has 0 aromatic carbocycles. The van der Waals surface area contributed by atoms with E-state index in [9.17, 15) is 18.0 Å². The SMILES string of the molecule is O=C(NN1CCCC1)C(F)(F)F. The maximum Gasteiger partial charge on any atom is 0.472 e. The lowest BCUT2D eigenvalue weighted by Gasteiger charge is -2.16. The second kappa shape index (κ2) is 3.30. The predicted octanol–water partition coefficient (Wildman–Crippen LogP) is 0.676. The molecule has 0 aliphatic carbocycles. The van der Waals surface area contributed by atoms with Gasteiger partial charge < -0.3 is 0 Å². The summed E-state index contributed by atoms with van der Waals surface area (Å²) >= 11 is 0. The van der Waals surface area contributed by atoms with Crippen LogP contribution in [-0.4, -0.2) is 30.2 Å². The highest BCUT2D eigenvalue weighted by Gasteiger charge is 2.39. The lowest BCUT2D eigenvalue weighted by atomic mass is 10.4. The lowest BCUT2D eigenvalue weighted by Crippen LogP contribution is -2.46. The van der Waals surface area contributed by atoms with Crippen LogP contribution in [0.4, 0.5) is 13.2 Å². The van der Waals surface area contributed by atoms with Gasteiger partial charge in [-0.15, -0.1) is 0 Å². The molecule has 0 unspecified atom stereocenters. The average Bonchev–Trinajstić information content (AvgIpc) is 2.37. The van der Waals surface area contributed by atoms with Gasteiger partial charge in [-0.05, 0) is 12.8 Å². The lowest BCUT2D eigenvalue weighted by molar-refractivity contribution is -0.178. The first-order valence-corrected chi connectivity index (χ1v) is 3.63. The fraction of sp³-hybridized carbons (Fsp3) is 0.833. The molecule has 1 N–H and O–H groups in total. The van der Waals surface area contributed by atoms with E-state index in [-0.39, 0.29) is 0 Å². The van der Waals surface area contributed by atoms with Crippen molar-refractivity contribution in [2.24, 2.45) is 0 Å². The van der Waals surface area contributed by atoms with E-state index in [1.165, 1.54) is 5.01 Å². The van der Waals surface area contributed by atoms with Crippen molar-refractivity contribution in [2.45, 2.75) is 19.0 Å². The fourth-order valence-electron chi connectivity index (χ4n) is 1.04. The van der Waals surface area contributed by atoms with Crippen LogP contribution in [0, 0.1) is 0 Å². The van der Waals surface area contributed by atoms with Crippen LogP contribution in [0.2, 0.25) is 0 Å². The highest BCUT2D eigenvalue weighted by atomic mass is 19.4. The summed E-state index contributed by atoms with van der Waals surface area (Å²) in [6, 6.07) is 0. The molecule has 0 spiro atoms. The molecule has 0 bridgehead atoms. The normalized spacial score (nSPS) is 19.6. The predicted molar refractivity (Wildman–Crippen MR) is 35.0 cm³/mol. The second-order valence-electron chi connectivity index (χ2n) is 2.63. The van der Waals surface area contributed by atoms with Crippen molar-refractivity contribution >= 4 is 5.91 Å². The Kier molecular flexibility index (Phi) is 2.56. The monoisotopic (exact) mass is 182 g/mol. The molecule has 1 amide bonds. The highest BCUT2D eigenvalue weighted by molar-refractivity contribution is 5.81. The molecular weight excluding hydrogens is 173 g/mol. The fourth-order valence-corrected chi connectivity index (χ4v) is 1.04. The Morgan fingerprint density at radius 1 is 1.25 bits per heavy atom. The highest BCUT2D eigenvalue weighted by Crippen LogP contribution is 2.15. The zero-order chi connectivity index (χ0) is 9.19. The van der Waals surface area contributed by atoms with Crippen molar-refractivity contribution in [1.29, 1.82) is 0 Å². The number of nitrogens with zero attached hydrogens (tertiary/aromatic N) is 1. The molecule has 70 valence electrons. The summed E-state index contributed by atoms with van der Waals surface area (Å²) in [5.41, 5.74) is 1.79. The van der Waals surface area contributed by atoms with Gasteiger partial charge in [0, 0.05) is 13.1 Å². The Hall–Kier alpha value is -0.780. The van der Waals surface area contributed by atoms with Crippen molar-refractivity contribution in [2.75, 3.05) is 13.1 Å². The first-order valence-electron chi connectivity index (χ1n) is 3.63. The molecule has 0 atom stereocenters. The van der Waals surface area contributed by atoms with Crippen molar-refractivity contribution in [3.8, 4) is 0 Å². The maximum absolute atomic E-state index is 11.7. The molecule has 0 saturated carbocycles. The molecule has 6 heteroatoms. The summed E-state index contributed by atoms with van der Waals surface area (Å²) in [7, 11) is 0. The van der Waals surface area contributed by atoms with Crippen LogP contribution < -0.4 is 5.43 Å². The van der Waals surface area contributed by atoms with Crippen LogP contribution in [0.5, 0.6) is 0 Å². The number of hydrogen-bond donors (Lipinski definition) is 1. The third-order valence-electron chi connectivity index (χ3n) is 1.62. The van der Waals surface area contributed by atoms with Crippen LogP contribution in [0.3, 0.4) is 0 Å². The molecule has 1 fully saturated rings. The van der Waals surface area contributed by atoms with Gasteiger partial charge in [-0.1, -0.05) is 0 Å². The van der Waals surface area contributed by atoms with Gasteiger partial charge in [0.05, 0.1) is 0 Å². The molecule has 0 aromatic rings. The quantitative estimate of drug-likeness (QED) is 0.646. The molecule has 1 aliphatic heterocycles. The molecule has 0 radical (unpaired) electrons. The van der Waals surface area contributed by atoms with Gasteiger partial charge in [0.1, 0.15) is 0 Å². The zero-order valence-corrected chi connectivity index (χ0v) is 6.32. The summed E-state index contributed by atoms with van der Waals surface area (Å²) in [4.78, 5) is 10.3. The summed E-state index contributed by atoms with van der Waals surface area (Å²) in [6.07, 6.45) is -3.11. The topological polar surface area (TPSA) is 32.3 Å². The van der Waals surface area contributed by atoms with Gasteiger partial charge in [0.15, 0.2) is 0 Å². The van der Waals surface area contributed by atoms with Gasteiger partial charge in [-0.2, -0.15) is 13.2 Å². The van der Waals surface area contributed by atoms with Gasteiger partial charge >= 0.3 is 12.1 Å². The molecule has 0 aromatic heterocycles. The van der Waals surface area contributed by atoms with E-state index in [1.807, 2.05) is 0 Å². The van der Waals surface area contributed by atoms with Gasteiger partial charge in [-0.3, -0.25) is 10.2 Å². The Bertz CT molecular complexity index is 174. The van der Waals surface area contributed by atoms with Gasteiger partial charge in [-0.25, -0.2) is 5.01 Å². The minimum absolute atomic E-state index is 0.502. The Morgan fingerprint density at radius 3 is 2.17 bits per heavy atom. The average molecular weight is 182 g/mol. The number of carbonyl (C=O) groups is 1. The van der Waals surface area contributed by atoms with Crippen LogP contribution in [0.1, 0.15) is 12.8 Å². The number of halogens is 3. The van der Waals surface area contributed by atoms with Crippen molar-refractivity contribution in [3.63, 3.8) is 0 Å². The largest absolute Gasteiger partial charge is 0.472 e. The third kappa shape index (κ3) is 2.37. The van der Waals surface area contributed by atoms with E-state index >= 15 is 0 Å². The molecule has 12 heavy (non-hydrogen) atoms. The number of rotatable bonds is 1. The number of hydrazine groups is 1. The van der Waals surface area contributed by atoms with Crippen molar-refractivity contribution in [3.05, 3.63) is 0 Å². The summed E-state index contributed by atoms with van der Waals surface area (Å²) < 4.78 is 35.0. The minimum Gasteiger partial charge on any atom is -0.281 e. The van der Waals surface area contributed by atoms with E-state index in [4.69, 9.17) is 0 Å². The Balaban J connectivity index is 2.35. The summed E-state index contributed by atoms with van der Waals surface area (Å²) in [5.74, 6) is -1.88. The van der Waals surface area contributed by atoms with E-state index in [1.54, 1.807) is 5.43 Å². The molecule has 1 aliphatic rings. The number of alkyl halides is 3. The molecule has 1 saturated heterocycles. The Labute approximate surface area is 67.5 Å². The minimum atomic E-state index is -4.78. The molecular formula is C6H9F3N2O.